The van der Waals surface area contributed by atoms with Gasteiger partial charge in [0.15, 0.2) is 0 Å². The third-order valence-electron chi connectivity index (χ3n) is 3.15. The quantitative estimate of drug-likeness (QED) is 0.618. The van der Waals surface area contributed by atoms with E-state index in [1.54, 1.807) is 7.11 Å². The van der Waals surface area contributed by atoms with Gasteiger partial charge < -0.3 is 10.1 Å². The Bertz CT molecular complexity index is 148. The highest BCUT2D eigenvalue weighted by Crippen LogP contribution is 2.13. The first-order valence-electron chi connectivity index (χ1n) is 6.86. The highest BCUT2D eigenvalue weighted by Gasteiger charge is 2.09. The van der Waals surface area contributed by atoms with E-state index in [2.05, 4.69) is 33.0 Å². The Morgan fingerprint density at radius 2 is 1.69 bits per heavy atom. The summed E-state index contributed by atoms with van der Waals surface area (Å²) in [5.41, 5.74) is 0. The largest absolute Gasteiger partial charge is 0.382 e. The Morgan fingerprint density at radius 1 is 1.00 bits per heavy atom. The lowest BCUT2D eigenvalue weighted by Gasteiger charge is -2.20. The van der Waals surface area contributed by atoms with Crippen LogP contribution in [-0.4, -0.2) is 25.8 Å². The topological polar surface area (TPSA) is 21.3 Å². The second-order valence-corrected chi connectivity index (χ2v) is 5.20. The van der Waals surface area contributed by atoms with Crippen LogP contribution < -0.4 is 5.32 Å². The molecule has 0 saturated carbocycles. The van der Waals surface area contributed by atoms with Gasteiger partial charge in [0.1, 0.15) is 0 Å². The van der Waals surface area contributed by atoms with Crippen molar-refractivity contribution in [1.29, 1.82) is 0 Å². The second kappa shape index (κ2) is 10.1. The molecule has 0 radical (unpaired) electrons. The lowest BCUT2D eigenvalue weighted by Crippen LogP contribution is -2.30. The molecule has 0 aromatic rings. The van der Waals surface area contributed by atoms with E-state index >= 15 is 0 Å². The molecular weight excluding hydrogens is 198 g/mol. The fourth-order valence-corrected chi connectivity index (χ4v) is 1.96. The molecule has 98 valence electrons. The Kier molecular flexibility index (Phi) is 10.0. The summed E-state index contributed by atoms with van der Waals surface area (Å²) in [7, 11) is 1.80. The smallest absolute Gasteiger partial charge is 0.0543 e. The van der Waals surface area contributed by atoms with Crippen molar-refractivity contribution in [2.45, 2.75) is 71.9 Å². The van der Waals surface area contributed by atoms with Crippen molar-refractivity contribution in [3.8, 4) is 0 Å². The van der Waals surface area contributed by atoms with E-state index in [4.69, 9.17) is 4.74 Å². The SMILES string of the molecule is CCNC(CCCC(C)C)CCC(C)OC. The second-order valence-electron chi connectivity index (χ2n) is 5.20. The highest BCUT2D eigenvalue weighted by molar-refractivity contribution is 4.68. The molecule has 0 amide bonds. The standard InChI is InChI=1S/C14H31NO/c1-6-15-14(9-7-8-12(2)3)11-10-13(4)16-5/h12-15H,6-11H2,1-5H3. The maximum atomic E-state index is 5.29. The molecule has 0 heterocycles. The van der Waals surface area contributed by atoms with Gasteiger partial charge in [-0.1, -0.05) is 33.6 Å². The molecule has 1 N–H and O–H groups in total. The zero-order valence-electron chi connectivity index (χ0n) is 11.9. The molecule has 0 rings (SSSR count). The molecule has 2 nitrogen and oxygen atoms in total. The molecule has 0 aliphatic heterocycles. The van der Waals surface area contributed by atoms with Crippen LogP contribution in [0.5, 0.6) is 0 Å². The normalized spacial score (nSPS) is 15.4. The van der Waals surface area contributed by atoms with E-state index in [1.807, 2.05) is 0 Å². The number of rotatable bonds is 10. The average molecular weight is 229 g/mol. The summed E-state index contributed by atoms with van der Waals surface area (Å²) in [5.74, 6) is 0.833. The monoisotopic (exact) mass is 229 g/mol. The molecule has 2 atom stereocenters. The van der Waals surface area contributed by atoms with Crippen molar-refractivity contribution in [3.05, 3.63) is 0 Å². The minimum atomic E-state index is 0.395. The van der Waals surface area contributed by atoms with Crippen LogP contribution in [0.2, 0.25) is 0 Å². The summed E-state index contributed by atoms with van der Waals surface area (Å²) >= 11 is 0. The van der Waals surface area contributed by atoms with Gasteiger partial charge in [-0.25, -0.2) is 0 Å². The number of hydrogen-bond donors (Lipinski definition) is 1. The first kappa shape index (κ1) is 15.9. The Balaban J connectivity index is 3.69. The van der Waals surface area contributed by atoms with Gasteiger partial charge in [0.2, 0.25) is 0 Å². The summed E-state index contributed by atoms with van der Waals surface area (Å²) in [5, 5.41) is 3.58. The Morgan fingerprint density at radius 3 is 2.19 bits per heavy atom. The first-order chi connectivity index (χ1) is 7.60. The molecule has 0 aromatic carbocycles. The van der Waals surface area contributed by atoms with Gasteiger partial charge in [0.25, 0.3) is 0 Å². The van der Waals surface area contributed by atoms with Gasteiger partial charge in [-0.3, -0.25) is 0 Å². The average Bonchev–Trinajstić information content (AvgIpc) is 2.24. The van der Waals surface area contributed by atoms with Gasteiger partial charge in [0, 0.05) is 13.2 Å². The fraction of sp³-hybridized carbons (Fsp3) is 1.00. The van der Waals surface area contributed by atoms with Crippen LogP contribution in [0, 0.1) is 5.92 Å². The summed E-state index contributed by atoms with van der Waals surface area (Å²) in [4.78, 5) is 0. The van der Waals surface area contributed by atoms with E-state index < -0.39 is 0 Å². The summed E-state index contributed by atoms with van der Waals surface area (Å²) < 4.78 is 5.29. The van der Waals surface area contributed by atoms with Crippen molar-refractivity contribution in [2.24, 2.45) is 5.92 Å². The van der Waals surface area contributed by atoms with Crippen LogP contribution in [0.15, 0.2) is 0 Å². The molecule has 0 aromatic heterocycles. The van der Waals surface area contributed by atoms with Gasteiger partial charge in [-0.2, -0.15) is 0 Å². The lowest BCUT2D eigenvalue weighted by molar-refractivity contribution is 0.105. The van der Waals surface area contributed by atoms with E-state index in [9.17, 15) is 0 Å². The maximum absolute atomic E-state index is 5.29. The maximum Gasteiger partial charge on any atom is 0.0543 e. The van der Waals surface area contributed by atoms with Crippen molar-refractivity contribution < 1.29 is 4.74 Å². The zero-order valence-corrected chi connectivity index (χ0v) is 11.9. The molecule has 16 heavy (non-hydrogen) atoms. The van der Waals surface area contributed by atoms with Crippen LogP contribution in [0.25, 0.3) is 0 Å². The zero-order chi connectivity index (χ0) is 12.4. The molecule has 0 bridgehead atoms. The number of hydrogen-bond acceptors (Lipinski definition) is 2. The van der Waals surface area contributed by atoms with Gasteiger partial charge in [-0.05, 0) is 38.6 Å². The van der Waals surface area contributed by atoms with Crippen molar-refractivity contribution >= 4 is 0 Å². The van der Waals surface area contributed by atoms with Crippen LogP contribution in [0.4, 0.5) is 0 Å². The number of methoxy groups -OCH3 is 1. The molecule has 2 heteroatoms. The van der Waals surface area contributed by atoms with Crippen LogP contribution >= 0.6 is 0 Å². The molecule has 0 fully saturated rings. The molecule has 0 spiro atoms. The third-order valence-corrected chi connectivity index (χ3v) is 3.15. The van der Waals surface area contributed by atoms with E-state index in [1.165, 1.54) is 25.7 Å². The third kappa shape index (κ3) is 9.17. The minimum Gasteiger partial charge on any atom is -0.382 e. The molecule has 0 aliphatic rings. The lowest BCUT2D eigenvalue weighted by atomic mass is 9.99. The Labute approximate surface area is 102 Å². The van der Waals surface area contributed by atoms with Crippen molar-refractivity contribution in [2.75, 3.05) is 13.7 Å². The van der Waals surface area contributed by atoms with E-state index in [0.29, 0.717) is 12.1 Å². The van der Waals surface area contributed by atoms with Gasteiger partial charge in [0.05, 0.1) is 6.10 Å². The predicted octanol–water partition coefficient (Wildman–Crippen LogP) is 3.61. The van der Waals surface area contributed by atoms with E-state index in [0.717, 1.165) is 18.9 Å². The van der Waals surface area contributed by atoms with Crippen LogP contribution in [0.3, 0.4) is 0 Å². The Hall–Kier alpha value is -0.0800. The highest BCUT2D eigenvalue weighted by atomic mass is 16.5. The van der Waals surface area contributed by atoms with Gasteiger partial charge in [-0.15, -0.1) is 0 Å². The number of ether oxygens (including phenoxy) is 1. The molecule has 0 saturated heterocycles. The van der Waals surface area contributed by atoms with Gasteiger partial charge >= 0.3 is 0 Å². The summed E-state index contributed by atoms with van der Waals surface area (Å²) in [6, 6.07) is 0.682. The predicted molar refractivity (Wildman–Crippen MR) is 71.9 cm³/mol. The van der Waals surface area contributed by atoms with Crippen molar-refractivity contribution in [1.82, 2.24) is 5.32 Å². The molecular formula is C14H31NO. The van der Waals surface area contributed by atoms with Crippen LogP contribution in [0.1, 0.15) is 59.8 Å². The van der Waals surface area contributed by atoms with Crippen molar-refractivity contribution in [3.63, 3.8) is 0 Å². The summed E-state index contributed by atoms with van der Waals surface area (Å²) in [6.07, 6.45) is 6.80. The number of nitrogens with one attached hydrogen (secondary N) is 1. The minimum absolute atomic E-state index is 0.395. The molecule has 0 aliphatic carbocycles. The van der Waals surface area contributed by atoms with E-state index in [-0.39, 0.29) is 0 Å². The fourth-order valence-electron chi connectivity index (χ4n) is 1.96. The first-order valence-corrected chi connectivity index (χ1v) is 6.86. The summed E-state index contributed by atoms with van der Waals surface area (Å²) in [6.45, 7) is 10.0. The molecule has 2 unspecified atom stereocenters. The van der Waals surface area contributed by atoms with Crippen LogP contribution in [-0.2, 0) is 4.74 Å².